The van der Waals surface area contributed by atoms with Crippen molar-refractivity contribution in [3.63, 3.8) is 0 Å². The Hall–Kier alpha value is -2.17. The average Bonchev–Trinajstić information content (AvgIpc) is 3.26. The van der Waals surface area contributed by atoms with Crippen molar-refractivity contribution < 1.29 is 15.0 Å². The van der Waals surface area contributed by atoms with Gasteiger partial charge in [0.05, 0.1) is 18.8 Å². The topological polar surface area (TPSA) is 69.6 Å². The Morgan fingerprint density at radius 2 is 0.721 bits per heavy atom. The van der Waals surface area contributed by atoms with Crippen LogP contribution in [0.2, 0.25) is 0 Å². The van der Waals surface area contributed by atoms with Crippen LogP contribution >= 0.6 is 0 Å². The number of hydrogen-bond donors (Lipinski definition) is 3. The Morgan fingerprint density at radius 1 is 0.410 bits per heavy atom. The minimum absolute atomic E-state index is 0.0316. The van der Waals surface area contributed by atoms with Crippen molar-refractivity contribution in [1.29, 1.82) is 0 Å². The van der Waals surface area contributed by atoms with Gasteiger partial charge in [0.1, 0.15) is 0 Å². The maximum absolute atomic E-state index is 12.4. The summed E-state index contributed by atoms with van der Waals surface area (Å²) in [6.07, 6.45) is 74.6. The molecule has 0 radical (unpaired) electrons. The van der Waals surface area contributed by atoms with Gasteiger partial charge < -0.3 is 15.5 Å². The van der Waals surface area contributed by atoms with Crippen LogP contribution in [-0.2, 0) is 4.79 Å². The van der Waals surface area contributed by atoms with Crippen molar-refractivity contribution in [3.8, 4) is 0 Å². The van der Waals surface area contributed by atoms with Crippen molar-refractivity contribution >= 4 is 5.91 Å². The minimum atomic E-state index is -0.657. The van der Waals surface area contributed by atoms with Gasteiger partial charge in [-0.15, -0.1) is 0 Å². The van der Waals surface area contributed by atoms with E-state index in [1.807, 2.05) is 0 Å². The van der Waals surface area contributed by atoms with E-state index in [1.165, 1.54) is 173 Å². The lowest BCUT2D eigenvalue weighted by molar-refractivity contribution is -0.123. The predicted octanol–water partition coefficient (Wildman–Crippen LogP) is 17.4. The Balaban J connectivity index is 3.41. The lowest BCUT2D eigenvalue weighted by Crippen LogP contribution is -2.45. The van der Waals surface area contributed by atoms with Crippen molar-refractivity contribution in [3.05, 3.63) is 72.9 Å². The molecule has 0 heterocycles. The van der Waals surface area contributed by atoms with E-state index in [0.29, 0.717) is 12.8 Å². The second-order valence-electron chi connectivity index (χ2n) is 17.9. The summed E-state index contributed by atoms with van der Waals surface area (Å²) in [7, 11) is 0. The summed E-state index contributed by atoms with van der Waals surface area (Å²) in [5.74, 6) is -0.0316. The van der Waals surface area contributed by atoms with Gasteiger partial charge in [-0.05, 0) is 64.2 Å². The third-order valence-electron chi connectivity index (χ3n) is 12.0. The highest BCUT2D eigenvalue weighted by atomic mass is 16.3. The van der Waals surface area contributed by atoms with Crippen LogP contribution in [0.3, 0.4) is 0 Å². The van der Waals surface area contributed by atoms with Crippen LogP contribution in [0.25, 0.3) is 0 Å². The van der Waals surface area contributed by atoms with E-state index in [2.05, 4.69) is 92.1 Å². The number of hydrogen-bond acceptors (Lipinski definition) is 3. The van der Waals surface area contributed by atoms with Crippen LogP contribution in [0, 0.1) is 0 Å². The molecule has 0 aromatic rings. The van der Waals surface area contributed by atoms with Crippen LogP contribution < -0.4 is 5.32 Å². The lowest BCUT2D eigenvalue weighted by atomic mass is 10.0. The molecule has 0 saturated carbocycles. The van der Waals surface area contributed by atoms with E-state index < -0.39 is 12.1 Å². The van der Waals surface area contributed by atoms with Crippen LogP contribution in [0.4, 0.5) is 0 Å². The minimum Gasteiger partial charge on any atom is -0.394 e. The van der Waals surface area contributed by atoms with Crippen molar-refractivity contribution in [2.75, 3.05) is 6.61 Å². The number of aliphatic hydroxyl groups is 2. The standard InChI is InChI=1S/C57H103NO3/c1-3-5-7-9-11-13-15-16-17-18-19-20-21-22-23-24-25-26-27-28-29-30-31-32-33-34-35-36-37-38-39-40-41-42-43-45-47-49-51-53-57(61)58-55(54-59)56(60)52-50-48-46-44-14-12-10-8-6-4-2/h5,7,11,13,16-17,19-20,22-23,25-26,55-56,59-60H,3-4,6,8-10,12,14-15,18,21,24,27-54H2,1-2H3,(H,58,61)/b7-5-,13-11-,17-16-,20-19-,23-22-,26-25-. The van der Waals surface area contributed by atoms with E-state index in [1.54, 1.807) is 0 Å². The molecule has 0 aromatic heterocycles. The fraction of sp³-hybridized carbons (Fsp3) is 0.772. The van der Waals surface area contributed by atoms with Gasteiger partial charge in [-0.25, -0.2) is 0 Å². The van der Waals surface area contributed by atoms with E-state index in [-0.39, 0.29) is 12.5 Å². The normalized spacial score (nSPS) is 13.4. The van der Waals surface area contributed by atoms with Crippen LogP contribution in [0.5, 0.6) is 0 Å². The molecular formula is C57H103NO3. The Bertz CT molecular complexity index is 1050. The van der Waals surface area contributed by atoms with Crippen LogP contribution in [0.1, 0.15) is 264 Å². The first-order chi connectivity index (χ1) is 30.2. The second kappa shape index (κ2) is 52.2. The summed E-state index contributed by atoms with van der Waals surface area (Å²) in [6.45, 7) is 4.23. The molecule has 0 aliphatic carbocycles. The SMILES string of the molecule is CC/C=C\C/C=C\C/C=C\C/C=C\C/C=C\C/C=C\CCCCCCCCCCCCCCCCCCCCCCC(=O)NC(CO)C(O)CCCCCCCCCCCC. The van der Waals surface area contributed by atoms with Gasteiger partial charge >= 0.3 is 0 Å². The first kappa shape index (κ1) is 58.8. The Labute approximate surface area is 380 Å². The molecule has 0 rings (SSSR count). The molecule has 2 atom stereocenters. The molecular weight excluding hydrogens is 747 g/mol. The number of allylic oxidation sites excluding steroid dienone is 12. The molecule has 0 bridgehead atoms. The van der Waals surface area contributed by atoms with Gasteiger partial charge in [-0.2, -0.15) is 0 Å². The van der Waals surface area contributed by atoms with Gasteiger partial charge in [-0.1, -0.05) is 267 Å². The molecule has 0 spiro atoms. The highest BCUT2D eigenvalue weighted by Crippen LogP contribution is 2.17. The third kappa shape index (κ3) is 48.7. The number of aliphatic hydroxyl groups excluding tert-OH is 2. The van der Waals surface area contributed by atoms with Gasteiger partial charge in [0.2, 0.25) is 5.91 Å². The molecule has 0 fully saturated rings. The summed E-state index contributed by atoms with van der Waals surface area (Å²) in [5, 5.41) is 23.1. The van der Waals surface area contributed by atoms with Crippen molar-refractivity contribution in [2.24, 2.45) is 0 Å². The number of carbonyl (C=O) groups excluding carboxylic acids is 1. The predicted molar refractivity (Wildman–Crippen MR) is 271 cm³/mol. The molecule has 0 aliphatic heterocycles. The molecule has 354 valence electrons. The Kier molecular flexibility index (Phi) is 50.3. The van der Waals surface area contributed by atoms with Crippen molar-refractivity contribution in [1.82, 2.24) is 5.32 Å². The summed E-state index contributed by atoms with van der Waals surface area (Å²) in [5.41, 5.74) is 0. The molecule has 1 amide bonds. The molecule has 2 unspecified atom stereocenters. The van der Waals surface area contributed by atoms with E-state index >= 15 is 0 Å². The molecule has 4 heteroatoms. The highest BCUT2D eigenvalue weighted by Gasteiger charge is 2.20. The monoisotopic (exact) mass is 850 g/mol. The van der Waals surface area contributed by atoms with Crippen LogP contribution in [0.15, 0.2) is 72.9 Å². The number of unbranched alkanes of at least 4 members (excludes halogenated alkanes) is 29. The lowest BCUT2D eigenvalue weighted by Gasteiger charge is -2.22. The first-order valence-corrected chi connectivity index (χ1v) is 26.6. The average molecular weight is 850 g/mol. The van der Waals surface area contributed by atoms with Crippen LogP contribution in [-0.4, -0.2) is 34.9 Å². The molecule has 0 aliphatic rings. The molecule has 4 nitrogen and oxygen atoms in total. The zero-order chi connectivity index (χ0) is 44.2. The zero-order valence-corrected chi connectivity index (χ0v) is 40.7. The van der Waals surface area contributed by atoms with E-state index in [9.17, 15) is 15.0 Å². The van der Waals surface area contributed by atoms with Gasteiger partial charge in [-0.3, -0.25) is 4.79 Å². The summed E-state index contributed by atoms with van der Waals surface area (Å²) in [4.78, 5) is 12.4. The van der Waals surface area contributed by atoms with Gasteiger partial charge in [0.15, 0.2) is 0 Å². The van der Waals surface area contributed by atoms with Crippen molar-refractivity contribution in [2.45, 2.75) is 276 Å². The second-order valence-corrected chi connectivity index (χ2v) is 17.9. The Morgan fingerprint density at radius 3 is 1.08 bits per heavy atom. The molecule has 0 aromatic carbocycles. The first-order valence-electron chi connectivity index (χ1n) is 26.6. The van der Waals surface area contributed by atoms with Gasteiger partial charge in [0, 0.05) is 6.42 Å². The number of amides is 1. The van der Waals surface area contributed by atoms with E-state index in [4.69, 9.17) is 0 Å². The number of rotatable bonds is 48. The largest absolute Gasteiger partial charge is 0.394 e. The summed E-state index contributed by atoms with van der Waals surface area (Å²) >= 11 is 0. The molecule has 3 N–H and O–H groups in total. The smallest absolute Gasteiger partial charge is 0.220 e. The fourth-order valence-corrected chi connectivity index (χ4v) is 7.95. The maximum atomic E-state index is 12.4. The molecule has 0 saturated heterocycles. The quantitative estimate of drug-likeness (QED) is 0.0422. The highest BCUT2D eigenvalue weighted by molar-refractivity contribution is 5.76. The zero-order valence-electron chi connectivity index (χ0n) is 40.7. The van der Waals surface area contributed by atoms with Gasteiger partial charge in [0.25, 0.3) is 0 Å². The molecule has 61 heavy (non-hydrogen) atoms. The number of nitrogens with one attached hydrogen (secondary N) is 1. The van der Waals surface area contributed by atoms with E-state index in [0.717, 1.165) is 64.2 Å². The third-order valence-corrected chi connectivity index (χ3v) is 12.0. The summed E-state index contributed by atoms with van der Waals surface area (Å²) in [6, 6.07) is -0.535. The fourth-order valence-electron chi connectivity index (χ4n) is 7.95. The summed E-state index contributed by atoms with van der Waals surface area (Å²) < 4.78 is 0. The maximum Gasteiger partial charge on any atom is 0.220 e. The number of carbonyl (C=O) groups is 1.